The van der Waals surface area contributed by atoms with Gasteiger partial charge in [-0.3, -0.25) is 0 Å². The summed E-state index contributed by atoms with van der Waals surface area (Å²) in [4.78, 5) is 35.0. The van der Waals surface area contributed by atoms with Crippen LogP contribution >= 0.6 is 7.82 Å². The van der Waals surface area contributed by atoms with E-state index in [-0.39, 0.29) is 95.0 Å². The molecule has 0 radical (unpaired) electrons. The summed E-state index contributed by atoms with van der Waals surface area (Å²) in [7, 11) is -5.39. The fraction of sp³-hybridized carbons (Fsp3) is 0.667. The molecule has 1 unspecified atom stereocenters. The molecule has 0 aliphatic rings. The van der Waals surface area contributed by atoms with Crippen molar-refractivity contribution in [2.24, 2.45) is 0 Å². The molecular weight excluding hydrogens is 248 g/mol. The smallest absolute Gasteiger partial charge is 0.822 e. The van der Waals surface area contributed by atoms with Crippen LogP contribution in [0.15, 0.2) is 0 Å². The molecule has 0 saturated heterocycles. The van der Waals surface area contributed by atoms with E-state index in [9.17, 15) is 4.79 Å². The molecule has 0 saturated carbocycles. The Morgan fingerprint density at radius 3 is 1.43 bits per heavy atom. The minimum absolute atomic E-state index is 0. The van der Waals surface area contributed by atoms with Crippen LogP contribution in [-0.4, -0.2) is 29.2 Å². The summed E-state index contributed by atoms with van der Waals surface area (Å²) >= 11 is 0. The number of aliphatic hydroxyl groups excluding tert-OH is 2. The molecule has 1 atom stereocenters. The van der Waals surface area contributed by atoms with Crippen molar-refractivity contribution >= 4 is 14.1 Å². The second kappa shape index (κ2) is 18.1. The average molecular weight is 254 g/mol. The van der Waals surface area contributed by atoms with Crippen LogP contribution < -0.4 is 103 Å². The fourth-order valence-electron chi connectivity index (χ4n) is 0.0430. The zero-order valence-electron chi connectivity index (χ0n) is 8.24. The molecule has 0 aromatic rings. The maximum absolute atomic E-state index is 9.33. The number of aldehydes is 1. The number of phosphoric acid groups is 1. The van der Waals surface area contributed by atoms with Gasteiger partial charge in [-0.1, -0.05) is 0 Å². The Balaban J connectivity index is -0.0000000321. The van der Waals surface area contributed by atoms with Crippen molar-refractivity contribution < 1.29 is 123 Å². The fourth-order valence-corrected chi connectivity index (χ4v) is 0.0430. The predicted molar refractivity (Wildman–Crippen MR) is 26.8 cm³/mol. The van der Waals surface area contributed by atoms with Crippen molar-refractivity contribution in [2.45, 2.75) is 6.10 Å². The first-order valence-electron chi connectivity index (χ1n) is 2.28. The average Bonchev–Trinajstić information content (AvgIpc) is 1.83. The largest absolute Gasteiger partial charge is 1.00 e. The van der Waals surface area contributed by atoms with E-state index in [1.165, 1.54) is 0 Å². The van der Waals surface area contributed by atoms with Crippen LogP contribution in [0, 0.1) is 0 Å². The van der Waals surface area contributed by atoms with E-state index >= 15 is 0 Å². The molecule has 68 valence electrons. The Morgan fingerprint density at radius 1 is 1.21 bits per heavy atom. The zero-order chi connectivity index (χ0) is 9.49. The van der Waals surface area contributed by atoms with Crippen molar-refractivity contribution in [1.29, 1.82) is 0 Å². The van der Waals surface area contributed by atoms with Gasteiger partial charge in [0.25, 0.3) is 0 Å². The third-order valence-electron chi connectivity index (χ3n) is 0.344. The van der Waals surface area contributed by atoms with E-state index in [0.29, 0.717) is 0 Å². The van der Waals surface area contributed by atoms with Gasteiger partial charge < -0.3 is 34.3 Å². The molecule has 0 aliphatic carbocycles. The minimum Gasteiger partial charge on any atom is -0.822 e. The van der Waals surface area contributed by atoms with Gasteiger partial charge in [-0.05, 0) is 0 Å². The Bertz CT molecular complexity index is 141. The first-order chi connectivity index (χ1) is 4.81. The summed E-state index contributed by atoms with van der Waals surface area (Å²) in [5.41, 5.74) is 0. The van der Waals surface area contributed by atoms with Crippen LogP contribution in [0.1, 0.15) is 0 Å². The Labute approximate surface area is 147 Å². The number of hydrogen-bond acceptors (Lipinski definition) is 7. The number of hydrogen-bond donors (Lipinski definition) is 2. The van der Waals surface area contributed by atoms with Gasteiger partial charge in [-0.15, -0.1) is 0 Å². The molecule has 11 heteroatoms. The monoisotopic (exact) mass is 254 g/mol. The number of carbonyl (C=O) groups is 1. The second-order valence-corrected chi connectivity index (χ2v) is 2.23. The van der Waals surface area contributed by atoms with Gasteiger partial charge >= 0.3 is 88.7 Å². The quantitative estimate of drug-likeness (QED) is 0.283. The Kier molecular flexibility index (Phi) is 38.8. The maximum atomic E-state index is 9.33. The van der Waals surface area contributed by atoms with Gasteiger partial charge in [0.05, 0.1) is 6.61 Å². The van der Waals surface area contributed by atoms with Crippen LogP contribution in [0.25, 0.3) is 0 Å². The third kappa shape index (κ3) is 61.5. The first kappa shape index (κ1) is 30.1. The van der Waals surface area contributed by atoms with Gasteiger partial charge in [0.2, 0.25) is 0 Å². The maximum Gasteiger partial charge on any atom is 1.00 e. The molecule has 7 nitrogen and oxygen atoms in total. The van der Waals surface area contributed by atoms with Crippen LogP contribution in [-0.2, 0) is 9.36 Å². The number of carbonyl (C=O) groups excluding carboxylic acids is 1. The Morgan fingerprint density at radius 2 is 1.43 bits per heavy atom. The summed E-state index contributed by atoms with van der Waals surface area (Å²) in [5, 5.41) is 15.9. The van der Waals surface area contributed by atoms with Crippen molar-refractivity contribution in [3.8, 4) is 0 Å². The van der Waals surface area contributed by atoms with Gasteiger partial charge in [0.15, 0.2) is 6.29 Å². The molecule has 0 aromatic carbocycles. The topological polar surface area (TPSA) is 144 Å². The summed E-state index contributed by atoms with van der Waals surface area (Å²) in [6.07, 6.45) is -0.912. The summed E-state index contributed by atoms with van der Waals surface area (Å²) < 4.78 is 8.55. The third-order valence-corrected chi connectivity index (χ3v) is 0.344. The number of rotatable bonds is 2. The van der Waals surface area contributed by atoms with Crippen LogP contribution in [0.4, 0.5) is 0 Å². The Hall–Kier alpha value is 2.70. The van der Waals surface area contributed by atoms with Crippen molar-refractivity contribution in [1.82, 2.24) is 0 Å². The molecule has 14 heavy (non-hydrogen) atoms. The zero-order valence-corrected chi connectivity index (χ0v) is 15.1. The molecule has 0 rings (SSSR count). The van der Waals surface area contributed by atoms with E-state index < -0.39 is 20.5 Å². The molecule has 2 N–H and O–H groups in total. The standard InChI is InChI=1S/C3H6O3.3Na.H3O4P/c4-1-3(6)2-5;;;;1-5(2,3)4/h1,3,5-6H,2H2;;;;(H3,1,2,3,4)/q;3*+1;/p-3. The molecule has 0 amide bonds. The van der Waals surface area contributed by atoms with E-state index in [4.69, 9.17) is 29.5 Å². The predicted octanol–water partition coefficient (Wildman–Crippen LogP) is -13.3. The van der Waals surface area contributed by atoms with E-state index in [1.807, 2.05) is 0 Å². The first-order valence-corrected chi connectivity index (χ1v) is 3.74. The molecule has 0 aliphatic heterocycles. The van der Waals surface area contributed by atoms with E-state index in [0.717, 1.165) is 0 Å². The van der Waals surface area contributed by atoms with Crippen molar-refractivity contribution in [3.05, 3.63) is 0 Å². The van der Waals surface area contributed by atoms with Gasteiger partial charge in [-0.25, -0.2) is 0 Å². The van der Waals surface area contributed by atoms with E-state index in [2.05, 4.69) is 0 Å². The van der Waals surface area contributed by atoms with Crippen LogP contribution in [0.2, 0.25) is 0 Å². The van der Waals surface area contributed by atoms with Gasteiger partial charge in [-0.2, -0.15) is 7.82 Å². The molecule has 0 fully saturated rings. The van der Waals surface area contributed by atoms with Crippen molar-refractivity contribution in [3.63, 3.8) is 0 Å². The summed E-state index contributed by atoms with van der Waals surface area (Å²) in [6.45, 7) is -0.483. The minimum atomic E-state index is -5.39. The molecular formula is C3H6Na3O7P. The second-order valence-electron chi connectivity index (χ2n) is 1.33. The van der Waals surface area contributed by atoms with Crippen LogP contribution in [0.5, 0.6) is 0 Å². The molecule has 0 bridgehead atoms. The SMILES string of the molecule is O=CC(O)CO.O=P([O-])([O-])[O-].[Na+].[Na+].[Na+]. The molecule has 0 heterocycles. The van der Waals surface area contributed by atoms with Gasteiger partial charge in [0, 0.05) is 0 Å². The normalized spacial score (nSPS) is 10.1. The summed E-state index contributed by atoms with van der Waals surface area (Å²) in [6, 6.07) is 0. The van der Waals surface area contributed by atoms with Crippen molar-refractivity contribution in [2.75, 3.05) is 6.61 Å². The molecule has 0 spiro atoms. The van der Waals surface area contributed by atoms with Crippen LogP contribution in [0.3, 0.4) is 0 Å². The van der Waals surface area contributed by atoms with Gasteiger partial charge in [0.1, 0.15) is 6.10 Å². The molecule has 0 aromatic heterocycles. The van der Waals surface area contributed by atoms with E-state index in [1.54, 1.807) is 0 Å². The number of aliphatic hydroxyl groups is 2. The summed E-state index contributed by atoms with van der Waals surface area (Å²) in [5.74, 6) is 0.